The summed E-state index contributed by atoms with van der Waals surface area (Å²) in [6.07, 6.45) is 0. The lowest BCUT2D eigenvalue weighted by Gasteiger charge is -1.95. The van der Waals surface area contributed by atoms with E-state index in [-0.39, 0.29) is 0 Å². The molecule has 0 amide bonds. The normalized spacial score (nSPS) is 9.70. The number of rotatable bonds is 3. The molecule has 0 aliphatic carbocycles. The molecular formula is C7H8S3. The van der Waals surface area contributed by atoms with Gasteiger partial charge < -0.3 is 0 Å². The highest BCUT2D eigenvalue weighted by Crippen LogP contribution is 2.30. The van der Waals surface area contributed by atoms with Crippen LogP contribution < -0.4 is 0 Å². The van der Waals surface area contributed by atoms with Crippen molar-refractivity contribution in [3.63, 3.8) is 0 Å². The van der Waals surface area contributed by atoms with Crippen molar-refractivity contribution in [2.45, 2.75) is 4.90 Å². The lowest BCUT2D eigenvalue weighted by molar-refractivity contribution is 1.48. The number of benzene rings is 1. The molecule has 0 nitrogen and oxygen atoms in total. The molecule has 0 aliphatic heterocycles. The summed E-state index contributed by atoms with van der Waals surface area (Å²) in [5.74, 6) is 0. The van der Waals surface area contributed by atoms with Crippen molar-refractivity contribution in [3.05, 3.63) is 30.3 Å². The van der Waals surface area contributed by atoms with Gasteiger partial charge in [-0.15, -0.1) is 0 Å². The van der Waals surface area contributed by atoms with E-state index in [1.165, 1.54) is 4.90 Å². The molecule has 0 heterocycles. The summed E-state index contributed by atoms with van der Waals surface area (Å²) in [4.78, 5) is 1.29. The third kappa shape index (κ3) is 2.90. The first-order chi connectivity index (χ1) is 4.93. The van der Waals surface area contributed by atoms with Gasteiger partial charge in [-0.2, -0.15) is 12.6 Å². The van der Waals surface area contributed by atoms with Crippen LogP contribution in [0.15, 0.2) is 35.2 Å². The van der Waals surface area contributed by atoms with E-state index < -0.39 is 0 Å². The molecule has 0 bridgehead atoms. The minimum atomic E-state index is 0.861. The van der Waals surface area contributed by atoms with Crippen LogP contribution in [0.25, 0.3) is 0 Å². The highest BCUT2D eigenvalue weighted by atomic mass is 33.1. The Hall–Kier alpha value is 0.270. The van der Waals surface area contributed by atoms with Gasteiger partial charge >= 0.3 is 0 Å². The second-order valence-electron chi connectivity index (χ2n) is 1.64. The molecule has 0 aromatic heterocycles. The second-order valence-corrected chi connectivity index (χ2v) is 4.76. The lowest BCUT2D eigenvalue weighted by atomic mass is 10.4. The quantitative estimate of drug-likeness (QED) is 0.439. The molecule has 54 valence electrons. The predicted molar refractivity (Wildman–Crippen MR) is 53.7 cm³/mol. The second kappa shape index (κ2) is 4.99. The van der Waals surface area contributed by atoms with Gasteiger partial charge in [-0.3, -0.25) is 0 Å². The average molecular weight is 188 g/mol. The minimum absolute atomic E-state index is 0.861. The van der Waals surface area contributed by atoms with Gasteiger partial charge in [0.2, 0.25) is 0 Å². The van der Waals surface area contributed by atoms with Crippen LogP contribution in [0.1, 0.15) is 0 Å². The molecule has 0 atom stereocenters. The van der Waals surface area contributed by atoms with E-state index in [0.29, 0.717) is 0 Å². The first kappa shape index (κ1) is 8.37. The maximum atomic E-state index is 4.09. The molecule has 0 aliphatic rings. The van der Waals surface area contributed by atoms with Crippen molar-refractivity contribution >= 4 is 34.2 Å². The summed E-state index contributed by atoms with van der Waals surface area (Å²) in [7, 11) is 3.50. The van der Waals surface area contributed by atoms with Gasteiger partial charge in [0.1, 0.15) is 0 Å². The van der Waals surface area contributed by atoms with Crippen molar-refractivity contribution < 1.29 is 0 Å². The Morgan fingerprint density at radius 3 is 2.50 bits per heavy atom. The van der Waals surface area contributed by atoms with Gasteiger partial charge in [-0.1, -0.05) is 39.8 Å². The Morgan fingerprint density at radius 1 is 1.20 bits per heavy atom. The first-order valence-corrected chi connectivity index (χ1v) is 5.84. The number of hydrogen-bond acceptors (Lipinski definition) is 3. The van der Waals surface area contributed by atoms with E-state index in [2.05, 4.69) is 24.8 Å². The Balaban J connectivity index is 2.43. The summed E-state index contributed by atoms with van der Waals surface area (Å²) >= 11 is 4.09. The maximum absolute atomic E-state index is 4.09. The molecule has 1 aromatic rings. The summed E-state index contributed by atoms with van der Waals surface area (Å²) in [6, 6.07) is 10.3. The van der Waals surface area contributed by atoms with Crippen molar-refractivity contribution in [1.82, 2.24) is 0 Å². The molecule has 0 saturated heterocycles. The van der Waals surface area contributed by atoms with Gasteiger partial charge in [0.25, 0.3) is 0 Å². The SMILES string of the molecule is SCSSc1ccccc1. The van der Waals surface area contributed by atoms with E-state index in [1.54, 1.807) is 21.6 Å². The molecule has 0 N–H and O–H groups in total. The molecule has 0 fully saturated rings. The summed E-state index contributed by atoms with van der Waals surface area (Å²) in [5.41, 5.74) is 0. The zero-order chi connectivity index (χ0) is 7.23. The van der Waals surface area contributed by atoms with Crippen LogP contribution in [0.5, 0.6) is 0 Å². The lowest BCUT2D eigenvalue weighted by Crippen LogP contribution is -1.63. The fourth-order valence-corrected chi connectivity index (χ4v) is 2.40. The summed E-state index contributed by atoms with van der Waals surface area (Å²) < 4.78 is 0. The molecule has 0 radical (unpaired) electrons. The summed E-state index contributed by atoms with van der Waals surface area (Å²) in [6.45, 7) is 0. The van der Waals surface area contributed by atoms with Gasteiger partial charge in [-0.25, -0.2) is 0 Å². The zero-order valence-electron chi connectivity index (χ0n) is 5.36. The fraction of sp³-hybridized carbons (Fsp3) is 0.143. The van der Waals surface area contributed by atoms with Crippen molar-refractivity contribution in [3.8, 4) is 0 Å². The molecule has 1 rings (SSSR count). The first-order valence-electron chi connectivity index (χ1n) is 2.89. The van der Waals surface area contributed by atoms with Crippen LogP contribution in [0, 0.1) is 0 Å². The summed E-state index contributed by atoms with van der Waals surface area (Å²) in [5, 5.41) is 0.861. The number of hydrogen-bond donors (Lipinski definition) is 1. The Bertz CT molecular complexity index is 173. The average Bonchev–Trinajstić information content (AvgIpc) is 2.03. The van der Waals surface area contributed by atoms with Crippen LogP contribution in [0.3, 0.4) is 0 Å². The molecule has 0 spiro atoms. The maximum Gasteiger partial charge on any atom is 0.0469 e. The van der Waals surface area contributed by atoms with Gasteiger partial charge in [0.05, 0.1) is 0 Å². The molecule has 1 aromatic carbocycles. The zero-order valence-corrected chi connectivity index (χ0v) is 7.88. The number of thiol groups is 1. The standard InChI is InChI=1S/C7H8S3/c8-6-9-10-7-4-2-1-3-5-7/h1-5,8H,6H2. The Labute approximate surface area is 74.6 Å². The van der Waals surface area contributed by atoms with Crippen molar-refractivity contribution in [2.24, 2.45) is 0 Å². The highest BCUT2D eigenvalue weighted by Gasteiger charge is 1.88. The molecule has 0 saturated carbocycles. The van der Waals surface area contributed by atoms with Crippen molar-refractivity contribution in [1.29, 1.82) is 0 Å². The molecule has 0 unspecified atom stereocenters. The Kier molecular flexibility index (Phi) is 4.18. The highest BCUT2D eigenvalue weighted by molar-refractivity contribution is 8.77. The third-order valence-corrected chi connectivity index (χ3v) is 3.83. The minimum Gasteiger partial charge on any atom is -0.167 e. The van der Waals surface area contributed by atoms with E-state index >= 15 is 0 Å². The van der Waals surface area contributed by atoms with E-state index in [4.69, 9.17) is 0 Å². The van der Waals surface area contributed by atoms with Gasteiger partial charge in [-0.05, 0) is 12.1 Å². The largest absolute Gasteiger partial charge is 0.167 e. The van der Waals surface area contributed by atoms with Crippen LogP contribution in [-0.4, -0.2) is 5.08 Å². The molecule has 3 heteroatoms. The van der Waals surface area contributed by atoms with E-state index in [0.717, 1.165) is 5.08 Å². The predicted octanol–water partition coefficient (Wildman–Crippen LogP) is 3.31. The van der Waals surface area contributed by atoms with Crippen molar-refractivity contribution in [2.75, 3.05) is 5.08 Å². The van der Waals surface area contributed by atoms with Gasteiger partial charge in [0, 0.05) is 9.98 Å². The monoisotopic (exact) mass is 188 g/mol. The van der Waals surface area contributed by atoms with Crippen LogP contribution in [0.2, 0.25) is 0 Å². The molecular weight excluding hydrogens is 180 g/mol. The smallest absolute Gasteiger partial charge is 0.0469 e. The molecule has 10 heavy (non-hydrogen) atoms. The van der Waals surface area contributed by atoms with Crippen LogP contribution in [-0.2, 0) is 0 Å². The Morgan fingerprint density at radius 2 is 1.90 bits per heavy atom. The third-order valence-electron chi connectivity index (χ3n) is 0.951. The van der Waals surface area contributed by atoms with Crippen LogP contribution in [0.4, 0.5) is 0 Å². The topological polar surface area (TPSA) is 0 Å². The van der Waals surface area contributed by atoms with E-state index in [1.807, 2.05) is 18.2 Å². The van der Waals surface area contributed by atoms with E-state index in [9.17, 15) is 0 Å². The van der Waals surface area contributed by atoms with Gasteiger partial charge in [0.15, 0.2) is 0 Å². The fourth-order valence-electron chi connectivity index (χ4n) is 0.570. The van der Waals surface area contributed by atoms with Crippen LogP contribution >= 0.6 is 34.2 Å².